The molecule has 0 aliphatic rings. The van der Waals surface area contributed by atoms with Crippen molar-refractivity contribution in [3.05, 3.63) is 59.1 Å². The van der Waals surface area contributed by atoms with Crippen LogP contribution in [-0.4, -0.2) is 16.4 Å². The number of hydrogen-bond acceptors (Lipinski definition) is 3. The fraction of sp³-hybridized carbons (Fsp3) is 0.0714. The number of amides is 1. The first kappa shape index (κ1) is 14.6. The van der Waals surface area contributed by atoms with Crippen LogP contribution in [0.4, 0.5) is 5.69 Å². The van der Waals surface area contributed by atoms with E-state index in [0.717, 1.165) is 0 Å². The summed E-state index contributed by atoms with van der Waals surface area (Å²) in [6, 6.07) is 13.6. The van der Waals surface area contributed by atoms with Gasteiger partial charge in [-0.1, -0.05) is 17.7 Å². The van der Waals surface area contributed by atoms with Crippen molar-refractivity contribution >= 4 is 34.0 Å². The Morgan fingerprint density at radius 1 is 1.15 bits per heavy atom. The lowest BCUT2D eigenvalue weighted by Gasteiger charge is -2.09. The second-order valence-electron chi connectivity index (χ2n) is 4.07. The summed E-state index contributed by atoms with van der Waals surface area (Å²) in [5.41, 5.74) is 6.52. The van der Waals surface area contributed by atoms with Crippen LogP contribution in [0.5, 0.6) is 0 Å². The Morgan fingerprint density at radius 3 is 2.45 bits per heavy atom. The van der Waals surface area contributed by atoms with Crippen LogP contribution in [0.1, 0.15) is 10.4 Å². The highest BCUT2D eigenvalue weighted by Gasteiger charge is 2.06. The van der Waals surface area contributed by atoms with Crippen LogP contribution in [0.2, 0.25) is 5.02 Å². The second-order valence-corrected chi connectivity index (χ2v) is 5.88. The second kappa shape index (κ2) is 6.54. The zero-order chi connectivity index (χ0) is 14.5. The monoisotopic (exact) mass is 308 g/mol. The van der Waals surface area contributed by atoms with E-state index in [2.05, 4.69) is 10.9 Å². The van der Waals surface area contributed by atoms with E-state index >= 15 is 0 Å². The van der Waals surface area contributed by atoms with Gasteiger partial charge >= 0.3 is 0 Å². The SMILES string of the molecule is C[S@@](=O)c1ccc(C(=O)NNc2cccc(Cl)c2)cc1. The van der Waals surface area contributed by atoms with Crippen LogP contribution >= 0.6 is 11.6 Å². The van der Waals surface area contributed by atoms with Gasteiger partial charge in [-0.25, -0.2) is 0 Å². The van der Waals surface area contributed by atoms with Gasteiger partial charge in [-0.05, 0) is 42.5 Å². The minimum absolute atomic E-state index is 0.279. The predicted octanol–water partition coefficient (Wildman–Crippen LogP) is 2.83. The smallest absolute Gasteiger partial charge is 0.269 e. The standard InChI is InChI=1S/C14H13ClN2O2S/c1-20(19)13-7-5-10(6-8-13)14(18)17-16-12-4-2-3-11(15)9-12/h2-9,16H,1H3,(H,17,18)/t20-/m1/s1. The summed E-state index contributed by atoms with van der Waals surface area (Å²) in [5.74, 6) is -0.279. The topological polar surface area (TPSA) is 58.2 Å². The third-order valence-electron chi connectivity index (χ3n) is 2.59. The van der Waals surface area contributed by atoms with Crippen molar-refractivity contribution in [2.45, 2.75) is 4.90 Å². The molecule has 0 aliphatic carbocycles. The Kier molecular flexibility index (Phi) is 4.76. The fourth-order valence-electron chi connectivity index (χ4n) is 1.57. The van der Waals surface area contributed by atoms with Crippen LogP contribution in [0.25, 0.3) is 0 Å². The molecule has 4 nitrogen and oxygen atoms in total. The lowest BCUT2D eigenvalue weighted by atomic mass is 10.2. The highest BCUT2D eigenvalue weighted by molar-refractivity contribution is 7.84. The Hall–Kier alpha value is -1.85. The first-order valence-corrected chi connectivity index (χ1v) is 7.75. The molecule has 0 radical (unpaired) electrons. The van der Waals surface area contributed by atoms with Gasteiger partial charge in [-0.2, -0.15) is 0 Å². The van der Waals surface area contributed by atoms with Gasteiger partial charge < -0.3 is 0 Å². The summed E-state index contributed by atoms with van der Waals surface area (Å²) in [5, 5.41) is 0.582. The molecule has 0 saturated heterocycles. The molecule has 0 saturated carbocycles. The molecule has 0 unspecified atom stereocenters. The largest absolute Gasteiger partial charge is 0.298 e. The van der Waals surface area contributed by atoms with Crippen LogP contribution in [0.3, 0.4) is 0 Å². The van der Waals surface area contributed by atoms with Gasteiger partial charge in [0.25, 0.3) is 5.91 Å². The quantitative estimate of drug-likeness (QED) is 0.854. The summed E-state index contributed by atoms with van der Waals surface area (Å²) in [7, 11) is -1.05. The highest BCUT2D eigenvalue weighted by Crippen LogP contribution is 2.14. The number of nitrogens with one attached hydrogen (secondary N) is 2. The Balaban J connectivity index is 1.99. The van der Waals surface area contributed by atoms with Crippen molar-refractivity contribution in [2.24, 2.45) is 0 Å². The maximum atomic E-state index is 11.9. The maximum absolute atomic E-state index is 11.9. The van der Waals surface area contributed by atoms with Gasteiger partial charge in [0, 0.05) is 32.5 Å². The zero-order valence-electron chi connectivity index (χ0n) is 10.7. The molecular formula is C14H13ClN2O2S. The van der Waals surface area contributed by atoms with Crippen molar-refractivity contribution in [3.63, 3.8) is 0 Å². The van der Waals surface area contributed by atoms with E-state index in [1.807, 2.05) is 0 Å². The van der Waals surface area contributed by atoms with Crippen LogP contribution < -0.4 is 10.9 Å². The predicted molar refractivity (Wildman–Crippen MR) is 81.3 cm³/mol. The zero-order valence-corrected chi connectivity index (χ0v) is 12.3. The van der Waals surface area contributed by atoms with Gasteiger partial charge in [-0.15, -0.1) is 0 Å². The number of carbonyl (C=O) groups is 1. The summed E-state index contributed by atoms with van der Waals surface area (Å²) >= 11 is 5.84. The minimum atomic E-state index is -1.05. The number of carbonyl (C=O) groups excluding carboxylic acids is 1. The molecular weight excluding hydrogens is 296 g/mol. The van der Waals surface area contributed by atoms with Crippen LogP contribution in [0.15, 0.2) is 53.4 Å². The molecule has 0 spiro atoms. The van der Waals surface area contributed by atoms with Crippen molar-refractivity contribution in [3.8, 4) is 0 Å². The van der Waals surface area contributed by atoms with Crippen molar-refractivity contribution in [2.75, 3.05) is 11.7 Å². The minimum Gasteiger partial charge on any atom is -0.298 e. The Bertz CT molecular complexity index is 644. The number of hydrazine groups is 1. The average Bonchev–Trinajstić information content (AvgIpc) is 2.45. The number of anilines is 1. The van der Waals surface area contributed by atoms with Crippen LogP contribution in [0, 0.1) is 0 Å². The summed E-state index contributed by atoms with van der Waals surface area (Å²) in [6.45, 7) is 0. The number of halogens is 1. The molecule has 1 amide bonds. The lowest BCUT2D eigenvalue weighted by molar-refractivity contribution is 0.0962. The molecule has 1 atom stereocenters. The normalized spacial score (nSPS) is 11.7. The molecule has 0 aliphatic heterocycles. The van der Waals surface area contributed by atoms with E-state index in [9.17, 15) is 9.00 Å². The van der Waals surface area contributed by atoms with E-state index in [0.29, 0.717) is 21.2 Å². The van der Waals surface area contributed by atoms with Gasteiger partial charge in [0.1, 0.15) is 0 Å². The molecule has 2 aromatic carbocycles. The summed E-state index contributed by atoms with van der Waals surface area (Å²) in [4.78, 5) is 12.6. The number of hydrogen-bond donors (Lipinski definition) is 2. The van der Waals surface area contributed by atoms with Crippen molar-refractivity contribution in [1.29, 1.82) is 0 Å². The lowest BCUT2D eigenvalue weighted by Crippen LogP contribution is -2.29. The average molecular weight is 309 g/mol. The third kappa shape index (κ3) is 3.82. The maximum Gasteiger partial charge on any atom is 0.269 e. The van der Waals surface area contributed by atoms with E-state index < -0.39 is 10.8 Å². The molecule has 0 aromatic heterocycles. The van der Waals surface area contributed by atoms with Gasteiger partial charge in [0.05, 0.1) is 5.69 Å². The molecule has 0 fully saturated rings. The molecule has 6 heteroatoms. The van der Waals surface area contributed by atoms with Gasteiger partial charge in [-0.3, -0.25) is 19.9 Å². The summed E-state index contributed by atoms with van der Waals surface area (Å²) in [6.07, 6.45) is 1.59. The molecule has 2 rings (SSSR count). The van der Waals surface area contributed by atoms with Gasteiger partial charge in [0.15, 0.2) is 0 Å². The molecule has 20 heavy (non-hydrogen) atoms. The van der Waals surface area contributed by atoms with E-state index in [-0.39, 0.29) is 5.91 Å². The molecule has 2 aromatic rings. The van der Waals surface area contributed by atoms with E-state index in [1.165, 1.54) is 0 Å². The first-order valence-electron chi connectivity index (χ1n) is 5.81. The third-order valence-corrected chi connectivity index (χ3v) is 3.76. The molecule has 0 bridgehead atoms. The Labute approximate surface area is 124 Å². The fourth-order valence-corrected chi connectivity index (χ4v) is 2.27. The summed E-state index contributed by atoms with van der Waals surface area (Å²) < 4.78 is 11.3. The first-order chi connectivity index (χ1) is 9.56. The Morgan fingerprint density at radius 2 is 1.85 bits per heavy atom. The molecule has 2 N–H and O–H groups in total. The van der Waals surface area contributed by atoms with Crippen molar-refractivity contribution in [1.82, 2.24) is 5.43 Å². The van der Waals surface area contributed by atoms with E-state index in [1.54, 1.807) is 54.8 Å². The molecule has 104 valence electrons. The van der Waals surface area contributed by atoms with Crippen LogP contribution in [-0.2, 0) is 10.8 Å². The van der Waals surface area contributed by atoms with Gasteiger partial charge in [0.2, 0.25) is 0 Å². The van der Waals surface area contributed by atoms with E-state index in [4.69, 9.17) is 11.6 Å². The molecule has 0 heterocycles. The highest BCUT2D eigenvalue weighted by atomic mass is 35.5. The number of benzene rings is 2. The van der Waals surface area contributed by atoms with Crippen molar-refractivity contribution < 1.29 is 9.00 Å². The number of rotatable bonds is 4.